The minimum Gasteiger partial charge on any atom is -0.481 e. The lowest BCUT2D eigenvalue weighted by molar-refractivity contribution is -0.137. The van der Waals surface area contributed by atoms with Gasteiger partial charge in [0.15, 0.2) is 0 Å². The van der Waals surface area contributed by atoms with Crippen molar-refractivity contribution in [3.63, 3.8) is 0 Å². The zero-order valence-corrected chi connectivity index (χ0v) is 13.9. The topological polar surface area (TPSA) is 49.3 Å². The van der Waals surface area contributed by atoms with Gasteiger partial charge in [0, 0.05) is 19.0 Å². The van der Waals surface area contributed by atoms with Gasteiger partial charge < -0.3 is 10.4 Å². The molecule has 0 saturated carbocycles. The van der Waals surface area contributed by atoms with Crippen LogP contribution in [0.25, 0.3) is 0 Å². The molecule has 0 amide bonds. The number of carboxylic acids is 1. The summed E-state index contributed by atoms with van der Waals surface area (Å²) >= 11 is 0. The summed E-state index contributed by atoms with van der Waals surface area (Å²) in [6.07, 6.45) is 1.67. The van der Waals surface area contributed by atoms with Crippen molar-refractivity contribution >= 4 is 5.97 Å². The highest BCUT2D eigenvalue weighted by Gasteiger charge is 2.11. The molecule has 23 heavy (non-hydrogen) atoms. The third-order valence-corrected chi connectivity index (χ3v) is 4.20. The second-order valence-electron chi connectivity index (χ2n) is 6.12. The van der Waals surface area contributed by atoms with Gasteiger partial charge in [-0.25, -0.2) is 0 Å². The minimum atomic E-state index is -0.740. The standard InChI is InChI=1S/C20H25NO2/c1-15-8-9-18(12-16(15)2)14-21-19(10-11-20(22)23)13-17-6-4-3-5-7-17/h3-9,12,19,21H,10-11,13-14H2,1-2H3,(H,22,23). The molecule has 0 fully saturated rings. The smallest absolute Gasteiger partial charge is 0.303 e. The molecule has 0 radical (unpaired) electrons. The summed E-state index contributed by atoms with van der Waals surface area (Å²) in [5.41, 5.74) is 5.05. The van der Waals surface area contributed by atoms with E-state index in [1.54, 1.807) is 0 Å². The number of carboxylic acid groups (broad SMARTS) is 1. The highest BCUT2D eigenvalue weighted by atomic mass is 16.4. The van der Waals surface area contributed by atoms with E-state index in [-0.39, 0.29) is 12.5 Å². The summed E-state index contributed by atoms with van der Waals surface area (Å²) in [7, 11) is 0. The van der Waals surface area contributed by atoms with Crippen LogP contribution in [0.1, 0.15) is 35.1 Å². The Kier molecular flexibility index (Phi) is 6.36. The van der Waals surface area contributed by atoms with Gasteiger partial charge in [0.05, 0.1) is 0 Å². The zero-order valence-electron chi connectivity index (χ0n) is 13.9. The third kappa shape index (κ3) is 5.87. The molecule has 0 aliphatic rings. The molecule has 0 heterocycles. The SMILES string of the molecule is Cc1ccc(CNC(CCC(=O)O)Cc2ccccc2)cc1C. The molecule has 3 nitrogen and oxygen atoms in total. The highest BCUT2D eigenvalue weighted by molar-refractivity contribution is 5.66. The van der Waals surface area contributed by atoms with Crippen LogP contribution >= 0.6 is 0 Å². The second kappa shape index (κ2) is 8.49. The van der Waals surface area contributed by atoms with E-state index in [0.717, 1.165) is 13.0 Å². The van der Waals surface area contributed by atoms with Crippen molar-refractivity contribution in [2.24, 2.45) is 0 Å². The Morgan fingerprint density at radius 2 is 1.78 bits per heavy atom. The lowest BCUT2D eigenvalue weighted by Crippen LogP contribution is -2.31. The quantitative estimate of drug-likeness (QED) is 0.778. The molecule has 0 aromatic heterocycles. The molecule has 0 aliphatic heterocycles. The third-order valence-electron chi connectivity index (χ3n) is 4.20. The van der Waals surface area contributed by atoms with Crippen LogP contribution < -0.4 is 5.32 Å². The number of hydrogen-bond acceptors (Lipinski definition) is 2. The Bertz CT molecular complexity index is 637. The van der Waals surface area contributed by atoms with Crippen molar-refractivity contribution in [3.8, 4) is 0 Å². The number of hydrogen-bond donors (Lipinski definition) is 2. The van der Waals surface area contributed by atoms with Gasteiger partial charge in [-0.15, -0.1) is 0 Å². The first-order valence-corrected chi connectivity index (χ1v) is 8.10. The lowest BCUT2D eigenvalue weighted by Gasteiger charge is -2.19. The second-order valence-corrected chi connectivity index (χ2v) is 6.12. The molecule has 2 aromatic rings. The van der Waals surface area contributed by atoms with Crippen molar-refractivity contribution in [2.75, 3.05) is 0 Å². The number of nitrogens with one attached hydrogen (secondary N) is 1. The van der Waals surface area contributed by atoms with Crippen LogP contribution in [0.15, 0.2) is 48.5 Å². The van der Waals surface area contributed by atoms with Gasteiger partial charge in [-0.05, 0) is 48.9 Å². The van der Waals surface area contributed by atoms with Gasteiger partial charge in [-0.1, -0.05) is 48.5 Å². The van der Waals surface area contributed by atoms with Crippen LogP contribution in [0.4, 0.5) is 0 Å². The number of benzene rings is 2. The van der Waals surface area contributed by atoms with Crippen LogP contribution in [0.5, 0.6) is 0 Å². The maximum atomic E-state index is 10.9. The summed E-state index contributed by atoms with van der Waals surface area (Å²) < 4.78 is 0. The first-order valence-electron chi connectivity index (χ1n) is 8.10. The Balaban J connectivity index is 1.98. The number of aliphatic carboxylic acids is 1. The molecule has 3 heteroatoms. The van der Waals surface area contributed by atoms with E-state index in [1.165, 1.54) is 22.3 Å². The molecule has 0 bridgehead atoms. The van der Waals surface area contributed by atoms with Gasteiger partial charge >= 0.3 is 5.97 Å². The lowest BCUT2D eigenvalue weighted by atomic mass is 10.0. The van der Waals surface area contributed by atoms with Gasteiger partial charge in [0.25, 0.3) is 0 Å². The molecule has 0 spiro atoms. The summed E-state index contributed by atoms with van der Waals surface area (Å²) in [4.78, 5) is 10.9. The van der Waals surface area contributed by atoms with Crippen LogP contribution in [0.3, 0.4) is 0 Å². The zero-order chi connectivity index (χ0) is 16.7. The van der Waals surface area contributed by atoms with Crippen molar-refractivity contribution in [2.45, 2.75) is 45.7 Å². The van der Waals surface area contributed by atoms with E-state index in [2.05, 4.69) is 49.5 Å². The van der Waals surface area contributed by atoms with Crippen LogP contribution in [-0.4, -0.2) is 17.1 Å². The van der Waals surface area contributed by atoms with E-state index in [0.29, 0.717) is 6.42 Å². The Morgan fingerprint density at radius 3 is 2.43 bits per heavy atom. The fourth-order valence-electron chi connectivity index (χ4n) is 2.65. The van der Waals surface area contributed by atoms with Crippen molar-refractivity contribution in [1.29, 1.82) is 0 Å². The van der Waals surface area contributed by atoms with Gasteiger partial charge in [-0.2, -0.15) is 0 Å². The summed E-state index contributed by atoms with van der Waals surface area (Å²) in [6.45, 7) is 4.99. The van der Waals surface area contributed by atoms with E-state index in [1.807, 2.05) is 18.2 Å². The normalized spacial score (nSPS) is 12.1. The monoisotopic (exact) mass is 311 g/mol. The molecule has 2 N–H and O–H groups in total. The summed E-state index contributed by atoms with van der Waals surface area (Å²) in [5.74, 6) is -0.740. The molecule has 0 saturated heterocycles. The summed E-state index contributed by atoms with van der Waals surface area (Å²) in [6, 6.07) is 16.8. The van der Waals surface area contributed by atoms with Crippen molar-refractivity contribution in [1.82, 2.24) is 5.32 Å². The first-order chi connectivity index (χ1) is 11.0. The number of carbonyl (C=O) groups is 1. The molecule has 2 aromatic carbocycles. The van der Waals surface area contributed by atoms with Crippen LogP contribution in [-0.2, 0) is 17.8 Å². The van der Waals surface area contributed by atoms with Gasteiger partial charge in [0.2, 0.25) is 0 Å². The molecule has 0 aliphatic carbocycles. The maximum Gasteiger partial charge on any atom is 0.303 e. The maximum absolute atomic E-state index is 10.9. The molecule has 122 valence electrons. The minimum absolute atomic E-state index is 0.162. The molecule has 2 rings (SSSR count). The Labute approximate surface area is 138 Å². The van der Waals surface area contributed by atoms with Gasteiger partial charge in [-0.3, -0.25) is 4.79 Å². The van der Waals surface area contributed by atoms with Crippen LogP contribution in [0.2, 0.25) is 0 Å². The highest BCUT2D eigenvalue weighted by Crippen LogP contribution is 2.12. The molecular weight excluding hydrogens is 286 g/mol. The fourth-order valence-corrected chi connectivity index (χ4v) is 2.65. The number of aryl methyl sites for hydroxylation is 2. The van der Waals surface area contributed by atoms with E-state index < -0.39 is 5.97 Å². The average molecular weight is 311 g/mol. The van der Waals surface area contributed by atoms with E-state index >= 15 is 0 Å². The van der Waals surface area contributed by atoms with E-state index in [9.17, 15) is 4.79 Å². The fraction of sp³-hybridized carbons (Fsp3) is 0.350. The average Bonchev–Trinajstić information content (AvgIpc) is 2.54. The number of rotatable bonds is 8. The van der Waals surface area contributed by atoms with E-state index in [4.69, 9.17) is 5.11 Å². The Hall–Kier alpha value is -2.13. The predicted octanol–water partition coefficient (Wildman–Crippen LogP) is 3.87. The Morgan fingerprint density at radius 1 is 1.04 bits per heavy atom. The largest absolute Gasteiger partial charge is 0.481 e. The van der Waals surface area contributed by atoms with Crippen LogP contribution in [0, 0.1) is 13.8 Å². The van der Waals surface area contributed by atoms with Crippen molar-refractivity contribution < 1.29 is 9.90 Å². The molecule has 1 atom stereocenters. The van der Waals surface area contributed by atoms with Gasteiger partial charge in [0.1, 0.15) is 0 Å². The van der Waals surface area contributed by atoms with Crippen molar-refractivity contribution in [3.05, 3.63) is 70.8 Å². The molecular formula is C20H25NO2. The predicted molar refractivity (Wildman–Crippen MR) is 93.6 cm³/mol. The summed E-state index contributed by atoms with van der Waals surface area (Å²) in [5, 5.41) is 12.5. The first kappa shape index (κ1) is 17.2. The molecule has 1 unspecified atom stereocenters.